The van der Waals surface area contributed by atoms with Crippen LogP contribution >= 0.6 is 0 Å². The lowest BCUT2D eigenvalue weighted by Gasteiger charge is -2.38. The van der Waals surface area contributed by atoms with E-state index in [9.17, 15) is 26.7 Å². The number of sulfonamides is 1. The topological polar surface area (TPSA) is 130 Å². The highest BCUT2D eigenvalue weighted by Gasteiger charge is 2.58. The van der Waals surface area contributed by atoms with Crippen molar-refractivity contribution >= 4 is 21.7 Å². The van der Waals surface area contributed by atoms with E-state index in [-0.39, 0.29) is 30.2 Å². The molecule has 2 aliphatic rings. The number of fused-ring (bicyclic) bond motifs is 1. The van der Waals surface area contributed by atoms with Gasteiger partial charge < -0.3 is 20.9 Å². The molecule has 0 amide bonds. The number of aliphatic imine (C=N–C) groups is 1. The summed E-state index contributed by atoms with van der Waals surface area (Å²) in [5, 5.41) is 12.8. The number of aliphatic hydroxyl groups excluding tert-OH is 1. The molecular formula is C18H18F3N5O4S. The number of aliphatic hydroxyl groups is 1. The number of nitrogens with two attached hydrogens (primary N) is 1. The highest BCUT2D eigenvalue weighted by molar-refractivity contribution is 7.90. The van der Waals surface area contributed by atoms with Crippen LogP contribution < -0.4 is 11.1 Å². The second kappa shape index (κ2) is 7.35. The molecule has 1 saturated heterocycles. The summed E-state index contributed by atoms with van der Waals surface area (Å²) in [5.41, 5.74) is 2.16. The van der Waals surface area contributed by atoms with Crippen LogP contribution in [0.25, 0.3) is 0 Å². The molecule has 31 heavy (non-hydrogen) atoms. The molecule has 13 heteroatoms. The maximum absolute atomic E-state index is 14.9. The predicted octanol–water partition coefficient (Wildman–Crippen LogP) is 1.13. The third kappa shape index (κ3) is 3.38. The third-order valence-corrected chi connectivity index (χ3v) is 7.28. The lowest BCUT2D eigenvalue weighted by atomic mass is 9.88. The SMILES string of the molecule is CN1C(N)=N[C@@]2(c3cc(NC(O)c4ncc(F)cc4F)ccc3F)CCOC2S1(=O)=O. The third-order valence-electron chi connectivity index (χ3n) is 5.26. The zero-order valence-electron chi connectivity index (χ0n) is 16.1. The van der Waals surface area contributed by atoms with Crippen molar-refractivity contribution in [2.24, 2.45) is 10.7 Å². The van der Waals surface area contributed by atoms with E-state index in [4.69, 9.17) is 10.5 Å². The number of ether oxygens (including phenoxy) is 1. The van der Waals surface area contributed by atoms with Gasteiger partial charge in [0, 0.05) is 30.8 Å². The van der Waals surface area contributed by atoms with Crippen molar-refractivity contribution in [3.63, 3.8) is 0 Å². The number of hydrogen-bond acceptors (Lipinski definition) is 8. The lowest BCUT2D eigenvalue weighted by Crippen LogP contribution is -2.55. The molecule has 4 rings (SSSR count). The van der Waals surface area contributed by atoms with Gasteiger partial charge in [-0.05, 0) is 18.2 Å². The number of nitrogens with one attached hydrogen (secondary N) is 1. The Kier molecular flexibility index (Phi) is 5.06. The highest BCUT2D eigenvalue weighted by atomic mass is 32.2. The first-order valence-electron chi connectivity index (χ1n) is 9.06. The van der Waals surface area contributed by atoms with Crippen molar-refractivity contribution in [3.8, 4) is 0 Å². The standard InChI is InChI=1S/C18H18F3N5O4S/c1-26-17(22)25-18(4-5-30-16(18)31(26,28)29)11-7-10(2-3-12(11)20)24-15(27)14-13(21)6-9(19)8-23-14/h2-3,6-8,15-16,24,27H,4-5H2,1H3,(H2,22,25)/t15?,16?,18-/m1/s1. The molecule has 0 spiro atoms. The zero-order chi connectivity index (χ0) is 22.6. The number of aromatic nitrogens is 1. The summed E-state index contributed by atoms with van der Waals surface area (Å²) in [5.74, 6) is -3.08. The second-order valence-electron chi connectivity index (χ2n) is 7.12. The van der Waals surface area contributed by atoms with Gasteiger partial charge in [-0.1, -0.05) is 0 Å². The van der Waals surface area contributed by atoms with E-state index in [1.807, 2.05) is 0 Å². The van der Waals surface area contributed by atoms with Crippen LogP contribution in [-0.2, 0) is 20.3 Å². The zero-order valence-corrected chi connectivity index (χ0v) is 16.9. The maximum Gasteiger partial charge on any atom is 0.267 e. The van der Waals surface area contributed by atoms with E-state index in [0.29, 0.717) is 6.07 Å². The molecular weight excluding hydrogens is 439 g/mol. The van der Waals surface area contributed by atoms with Gasteiger partial charge in [0.05, 0.1) is 12.8 Å². The second-order valence-corrected chi connectivity index (χ2v) is 9.13. The quantitative estimate of drug-likeness (QED) is 0.587. The summed E-state index contributed by atoms with van der Waals surface area (Å²) in [7, 11) is -2.86. The Hall–Kier alpha value is -2.90. The minimum atomic E-state index is -4.08. The lowest BCUT2D eigenvalue weighted by molar-refractivity contribution is 0.133. The van der Waals surface area contributed by atoms with Crippen LogP contribution in [0.3, 0.4) is 0 Å². The van der Waals surface area contributed by atoms with Gasteiger partial charge in [0.2, 0.25) is 11.4 Å². The molecule has 4 N–H and O–H groups in total. The van der Waals surface area contributed by atoms with Crippen LogP contribution in [0.5, 0.6) is 0 Å². The average molecular weight is 457 g/mol. The van der Waals surface area contributed by atoms with E-state index in [0.717, 1.165) is 16.6 Å². The number of rotatable bonds is 4. The largest absolute Gasteiger partial charge is 0.369 e. The summed E-state index contributed by atoms with van der Waals surface area (Å²) in [6, 6.07) is 4.09. The molecule has 9 nitrogen and oxygen atoms in total. The summed E-state index contributed by atoms with van der Waals surface area (Å²) in [4.78, 5) is 7.77. The maximum atomic E-state index is 14.9. The van der Waals surface area contributed by atoms with Gasteiger partial charge in [-0.3, -0.25) is 4.98 Å². The normalized spacial score (nSPS) is 25.6. The molecule has 0 bridgehead atoms. The summed E-state index contributed by atoms with van der Waals surface area (Å²) in [6.45, 7) is -0.00104. The Morgan fingerprint density at radius 1 is 1.32 bits per heavy atom. The van der Waals surface area contributed by atoms with Gasteiger partial charge in [-0.15, -0.1) is 0 Å². The number of guanidine groups is 1. The van der Waals surface area contributed by atoms with Crippen LogP contribution in [-0.4, -0.2) is 47.9 Å². The fourth-order valence-electron chi connectivity index (χ4n) is 3.69. The molecule has 1 aromatic heterocycles. The van der Waals surface area contributed by atoms with Gasteiger partial charge in [-0.2, -0.15) is 0 Å². The van der Waals surface area contributed by atoms with Gasteiger partial charge in [0.25, 0.3) is 10.0 Å². The van der Waals surface area contributed by atoms with Crippen LogP contribution in [0.15, 0.2) is 35.5 Å². The van der Waals surface area contributed by atoms with Crippen LogP contribution in [0.2, 0.25) is 0 Å². The van der Waals surface area contributed by atoms with E-state index in [1.165, 1.54) is 19.2 Å². The Labute approximate surface area is 175 Å². The van der Waals surface area contributed by atoms with E-state index >= 15 is 0 Å². The minimum absolute atomic E-state index is 0.00104. The monoisotopic (exact) mass is 457 g/mol. The molecule has 2 aliphatic heterocycles. The number of nitrogens with zero attached hydrogens (tertiary/aromatic N) is 3. The van der Waals surface area contributed by atoms with Crippen molar-refractivity contribution in [1.82, 2.24) is 9.29 Å². The van der Waals surface area contributed by atoms with Crippen molar-refractivity contribution < 1.29 is 31.4 Å². The number of halogens is 3. The average Bonchev–Trinajstić information content (AvgIpc) is 3.13. The molecule has 1 aromatic carbocycles. The number of pyridine rings is 1. The van der Waals surface area contributed by atoms with E-state index in [2.05, 4.69) is 15.3 Å². The van der Waals surface area contributed by atoms with Crippen molar-refractivity contribution in [1.29, 1.82) is 0 Å². The first kappa shape index (κ1) is 21.3. The smallest absolute Gasteiger partial charge is 0.267 e. The Balaban J connectivity index is 1.75. The molecule has 2 aromatic rings. The molecule has 0 radical (unpaired) electrons. The van der Waals surface area contributed by atoms with E-state index < -0.39 is 50.4 Å². The summed E-state index contributed by atoms with van der Waals surface area (Å²) < 4.78 is 73.5. The fraction of sp³-hybridized carbons (Fsp3) is 0.333. The summed E-state index contributed by atoms with van der Waals surface area (Å²) in [6.07, 6.45) is -0.913. The Morgan fingerprint density at radius 2 is 2.06 bits per heavy atom. The van der Waals surface area contributed by atoms with Gasteiger partial charge in [-0.25, -0.2) is 30.9 Å². The molecule has 2 unspecified atom stereocenters. The fourth-order valence-corrected chi connectivity index (χ4v) is 5.34. The number of hydrogen-bond donors (Lipinski definition) is 3. The van der Waals surface area contributed by atoms with Crippen LogP contribution in [0, 0.1) is 17.5 Å². The molecule has 166 valence electrons. The first-order valence-corrected chi connectivity index (χ1v) is 10.6. The van der Waals surface area contributed by atoms with Crippen molar-refractivity contribution in [3.05, 3.63) is 59.2 Å². The van der Waals surface area contributed by atoms with Gasteiger partial charge in [0.1, 0.15) is 22.9 Å². The highest BCUT2D eigenvalue weighted by Crippen LogP contribution is 2.47. The Bertz CT molecular complexity index is 1180. The van der Waals surface area contributed by atoms with E-state index in [1.54, 1.807) is 0 Å². The van der Waals surface area contributed by atoms with Crippen molar-refractivity contribution in [2.45, 2.75) is 23.6 Å². The van der Waals surface area contributed by atoms with Crippen LogP contribution in [0.4, 0.5) is 18.9 Å². The molecule has 0 saturated carbocycles. The van der Waals surface area contributed by atoms with Gasteiger partial charge in [0.15, 0.2) is 12.0 Å². The van der Waals surface area contributed by atoms with Crippen LogP contribution in [0.1, 0.15) is 23.9 Å². The predicted molar refractivity (Wildman–Crippen MR) is 103 cm³/mol. The van der Waals surface area contributed by atoms with Gasteiger partial charge >= 0.3 is 0 Å². The molecule has 1 fully saturated rings. The first-order chi connectivity index (χ1) is 14.6. The Morgan fingerprint density at radius 3 is 2.77 bits per heavy atom. The molecule has 3 heterocycles. The number of benzene rings is 1. The van der Waals surface area contributed by atoms with Crippen molar-refractivity contribution in [2.75, 3.05) is 19.0 Å². The minimum Gasteiger partial charge on any atom is -0.369 e. The number of anilines is 1. The summed E-state index contributed by atoms with van der Waals surface area (Å²) >= 11 is 0. The molecule has 3 atom stereocenters. The molecule has 0 aliphatic carbocycles.